The first-order valence-corrected chi connectivity index (χ1v) is 6.50. The molecule has 4 nitrogen and oxygen atoms in total. The van der Waals surface area contributed by atoms with Crippen LogP contribution in [0.2, 0.25) is 0 Å². The van der Waals surface area contributed by atoms with Gasteiger partial charge in [0.25, 0.3) is 0 Å². The van der Waals surface area contributed by atoms with Crippen LogP contribution in [0.3, 0.4) is 0 Å². The van der Waals surface area contributed by atoms with Gasteiger partial charge in [-0.3, -0.25) is 4.79 Å². The van der Waals surface area contributed by atoms with Crippen molar-refractivity contribution in [2.24, 2.45) is 5.73 Å². The van der Waals surface area contributed by atoms with Gasteiger partial charge in [-0.2, -0.15) is 0 Å². The molecule has 0 aliphatic carbocycles. The second-order valence-corrected chi connectivity index (χ2v) is 5.01. The van der Waals surface area contributed by atoms with Crippen LogP contribution in [0.15, 0.2) is 18.2 Å². The van der Waals surface area contributed by atoms with Crippen LogP contribution in [-0.2, 0) is 4.79 Å². The molecule has 3 N–H and O–H groups in total. The molecule has 0 unspecified atom stereocenters. The number of fused-ring (bicyclic) bond motifs is 1. The standard InChI is InChI=1S/C14H21N3O/c1-10(2)11-3-4-12-13(9-11)17(8-6-15)7-5-14(18)16-12/h3-4,9-10H,5-8,15H2,1-2H3,(H,16,18). The van der Waals surface area contributed by atoms with Crippen molar-refractivity contribution in [3.05, 3.63) is 23.8 Å². The molecule has 1 aliphatic rings. The Hall–Kier alpha value is -1.55. The molecule has 0 spiro atoms. The van der Waals surface area contributed by atoms with E-state index in [2.05, 4.69) is 36.2 Å². The average molecular weight is 247 g/mol. The van der Waals surface area contributed by atoms with Crippen molar-refractivity contribution in [1.82, 2.24) is 0 Å². The first kappa shape index (κ1) is 12.9. The van der Waals surface area contributed by atoms with E-state index in [4.69, 9.17) is 5.73 Å². The molecule has 1 amide bonds. The van der Waals surface area contributed by atoms with Gasteiger partial charge in [-0.05, 0) is 23.6 Å². The minimum Gasteiger partial charge on any atom is -0.368 e. The van der Waals surface area contributed by atoms with Crippen LogP contribution < -0.4 is 16.0 Å². The first-order chi connectivity index (χ1) is 8.61. The van der Waals surface area contributed by atoms with E-state index in [1.54, 1.807) is 0 Å². The zero-order valence-electron chi connectivity index (χ0n) is 11.1. The number of hydrogen-bond acceptors (Lipinski definition) is 3. The van der Waals surface area contributed by atoms with Gasteiger partial charge < -0.3 is 16.0 Å². The molecule has 1 aliphatic heterocycles. The molecule has 1 heterocycles. The minimum atomic E-state index is 0.0769. The minimum absolute atomic E-state index is 0.0769. The van der Waals surface area contributed by atoms with Gasteiger partial charge in [-0.15, -0.1) is 0 Å². The number of anilines is 2. The number of amides is 1. The van der Waals surface area contributed by atoms with Crippen LogP contribution in [-0.4, -0.2) is 25.5 Å². The highest BCUT2D eigenvalue weighted by atomic mass is 16.1. The number of nitrogens with zero attached hydrogens (tertiary/aromatic N) is 1. The third-order valence-corrected chi connectivity index (χ3v) is 3.31. The van der Waals surface area contributed by atoms with Gasteiger partial charge >= 0.3 is 0 Å². The third-order valence-electron chi connectivity index (χ3n) is 3.31. The van der Waals surface area contributed by atoms with E-state index < -0.39 is 0 Å². The first-order valence-electron chi connectivity index (χ1n) is 6.50. The Morgan fingerprint density at radius 2 is 2.22 bits per heavy atom. The lowest BCUT2D eigenvalue weighted by Crippen LogP contribution is -2.30. The maximum atomic E-state index is 11.6. The SMILES string of the molecule is CC(C)c1ccc2c(c1)N(CCN)CCC(=O)N2. The summed E-state index contributed by atoms with van der Waals surface area (Å²) in [6.07, 6.45) is 0.520. The van der Waals surface area contributed by atoms with Crippen LogP contribution in [0, 0.1) is 0 Å². The number of hydrogen-bond donors (Lipinski definition) is 2. The fourth-order valence-corrected chi connectivity index (χ4v) is 2.23. The van der Waals surface area contributed by atoms with Gasteiger partial charge in [0.05, 0.1) is 11.4 Å². The van der Waals surface area contributed by atoms with Crippen molar-refractivity contribution < 1.29 is 4.79 Å². The summed E-state index contributed by atoms with van der Waals surface area (Å²) < 4.78 is 0. The largest absolute Gasteiger partial charge is 0.368 e. The number of nitrogens with two attached hydrogens (primary N) is 1. The number of carbonyl (C=O) groups is 1. The monoisotopic (exact) mass is 247 g/mol. The van der Waals surface area contributed by atoms with Crippen molar-refractivity contribution in [3.63, 3.8) is 0 Å². The van der Waals surface area contributed by atoms with E-state index in [0.29, 0.717) is 18.9 Å². The van der Waals surface area contributed by atoms with E-state index in [-0.39, 0.29) is 5.91 Å². The lowest BCUT2D eigenvalue weighted by molar-refractivity contribution is -0.115. The van der Waals surface area contributed by atoms with E-state index in [1.807, 2.05) is 6.07 Å². The maximum absolute atomic E-state index is 11.6. The van der Waals surface area contributed by atoms with Crippen LogP contribution in [0.1, 0.15) is 31.7 Å². The molecule has 0 atom stereocenters. The third kappa shape index (κ3) is 2.64. The van der Waals surface area contributed by atoms with Crippen molar-refractivity contribution in [2.45, 2.75) is 26.2 Å². The van der Waals surface area contributed by atoms with Crippen LogP contribution in [0.4, 0.5) is 11.4 Å². The summed E-state index contributed by atoms with van der Waals surface area (Å²) in [6, 6.07) is 6.24. The summed E-state index contributed by atoms with van der Waals surface area (Å²) >= 11 is 0. The van der Waals surface area contributed by atoms with Crippen molar-refractivity contribution >= 4 is 17.3 Å². The van der Waals surface area contributed by atoms with Crippen molar-refractivity contribution in [2.75, 3.05) is 29.9 Å². The molecular weight excluding hydrogens is 226 g/mol. The molecule has 0 saturated carbocycles. The van der Waals surface area contributed by atoms with Crippen LogP contribution in [0.25, 0.3) is 0 Å². The number of carbonyl (C=O) groups excluding carboxylic acids is 1. The fraction of sp³-hybridized carbons (Fsp3) is 0.500. The molecule has 98 valence electrons. The molecule has 1 aromatic carbocycles. The summed E-state index contributed by atoms with van der Waals surface area (Å²) in [5, 5.41) is 2.96. The topological polar surface area (TPSA) is 58.4 Å². The lowest BCUT2D eigenvalue weighted by atomic mass is 10.0. The number of benzene rings is 1. The average Bonchev–Trinajstić information content (AvgIpc) is 2.49. The highest BCUT2D eigenvalue weighted by Crippen LogP contribution is 2.31. The highest BCUT2D eigenvalue weighted by molar-refractivity contribution is 5.96. The molecule has 0 bridgehead atoms. The summed E-state index contributed by atoms with van der Waals surface area (Å²) in [5.74, 6) is 0.557. The predicted octanol–water partition coefficient (Wildman–Crippen LogP) is 1.92. The molecule has 4 heteroatoms. The van der Waals surface area contributed by atoms with Gasteiger partial charge in [-0.25, -0.2) is 0 Å². The normalized spacial score (nSPS) is 15.3. The number of rotatable bonds is 3. The Morgan fingerprint density at radius 1 is 1.44 bits per heavy atom. The van der Waals surface area contributed by atoms with Crippen LogP contribution in [0.5, 0.6) is 0 Å². The quantitative estimate of drug-likeness (QED) is 0.858. The number of nitrogens with one attached hydrogen (secondary N) is 1. The Kier molecular flexibility index (Phi) is 3.87. The van der Waals surface area contributed by atoms with E-state index in [0.717, 1.165) is 24.5 Å². The fourth-order valence-electron chi connectivity index (χ4n) is 2.23. The van der Waals surface area contributed by atoms with Gasteiger partial charge in [0.15, 0.2) is 0 Å². The highest BCUT2D eigenvalue weighted by Gasteiger charge is 2.19. The Bertz CT molecular complexity index is 443. The predicted molar refractivity (Wildman–Crippen MR) is 75.0 cm³/mol. The molecule has 1 aromatic rings. The molecule has 2 rings (SSSR count). The Labute approximate surface area is 108 Å². The van der Waals surface area contributed by atoms with E-state index in [9.17, 15) is 4.79 Å². The summed E-state index contributed by atoms with van der Waals surface area (Å²) in [7, 11) is 0. The van der Waals surface area contributed by atoms with E-state index >= 15 is 0 Å². The second kappa shape index (κ2) is 5.40. The van der Waals surface area contributed by atoms with Crippen LogP contribution >= 0.6 is 0 Å². The summed E-state index contributed by atoms with van der Waals surface area (Å²) in [4.78, 5) is 13.8. The van der Waals surface area contributed by atoms with Crippen molar-refractivity contribution in [3.8, 4) is 0 Å². The van der Waals surface area contributed by atoms with E-state index in [1.165, 1.54) is 5.56 Å². The lowest BCUT2D eigenvalue weighted by Gasteiger charge is -2.24. The Morgan fingerprint density at radius 3 is 2.89 bits per heavy atom. The smallest absolute Gasteiger partial charge is 0.226 e. The molecule has 0 fully saturated rings. The van der Waals surface area contributed by atoms with Gasteiger partial charge in [0.1, 0.15) is 0 Å². The van der Waals surface area contributed by atoms with Gasteiger partial charge in [-0.1, -0.05) is 19.9 Å². The van der Waals surface area contributed by atoms with Crippen molar-refractivity contribution in [1.29, 1.82) is 0 Å². The molecule has 18 heavy (non-hydrogen) atoms. The molecule has 0 saturated heterocycles. The van der Waals surface area contributed by atoms with Gasteiger partial charge in [0.2, 0.25) is 5.91 Å². The zero-order chi connectivity index (χ0) is 13.1. The maximum Gasteiger partial charge on any atom is 0.226 e. The zero-order valence-corrected chi connectivity index (χ0v) is 11.1. The van der Waals surface area contributed by atoms with Gasteiger partial charge in [0, 0.05) is 26.1 Å². The Balaban J connectivity index is 2.40. The second-order valence-electron chi connectivity index (χ2n) is 5.01. The molecule has 0 radical (unpaired) electrons. The summed E-state index contributed by atoms with van der Waals surface area (Å²) in [5.41, 5.74) is 8.93. The molecule has 0 aromatic heterocycles. The summed E-state index contributed by atoms with van der Waals surface area (Å²) in [6.45, 7) is 6.45. The molecular formula is C14H21N3O.